The number of thiophene rings is 1. The van der Waals surface area contributed by atoms with Crippen LogP contribution >= 0.6 is 11.3 Å². The monoisotopic (exact) mass is 240 g/mol. The molecule has 1 amide bonds. The first-order valence-corrected chi connectivity index (χ1v) is 6.45. The SMILES string of the molecule is CNC(=O)CCCNC(C)c1ccc(C)s1. The van der Waals surface area contributed by atoms with Crippen LogP contribution in [0.2, 0.25) is 0 Å². The predicted octanol–water partition coefficient (Wildman–Crippen LogP) is 2.23. The third-order valence-corrected chi connectivity index (χ3v) is 3.68. The van der Waals surface area contributed by atoms with Gasteiger partial charge in [-0.05, 0) is 38.9 Å². The van der Waals surface area contributed by atoms with E-state index in [1.54, 1.807) is 7.05 Å². The normalized spacial score (nSPS) is 12.4. The summed E-state index contributed by atoms with van der Waals surface area (Å²) < 4.78 is 0. The number of carbonyl (C=O) groups is 1. The summed E-state index contributed by atoms with van der Waals surface area (Å²) in [6.45, 7) is 5.16. The van der Waals surface area contributed by atoms with Gasteiger partial charge in [0.2, 0.25) is 5.91 Å². The molecule has 0 bridgehead atoms. The third-order valence-electron chi connectivity index (χ3n) is 2.50. The molecule has 1 rings (SSSR count). The molecule has 3 nitrogen and oxygen atoms in total. The average molecular weight is 240 g/mol. The molecule has 0 spiro atoms. The van der Waals surface area contributed by atoms with E-state index in [-0.39, 0.29) is 5.91 Å². The smallest absolute Gasteiger partial charge is 0.219 e. The van der Waals surface area contributed by atoms with Crippen molar-refractivity contribution in [3.05, 3.63) is 21.9 Å². The summed E-state index contributed by atoms with van der Waals surface area (Å²) >= 11 is 1.82. The third kappa shape index (κ3) is 4.33. The molecule has 1 aromatic heterocycles. The van der Waals surface area contributed by atoms with Gasteiger partial charge in [-0.2, -0.15) is 0 Å². The van der Waals surface area contributed by atoms with Crippen LogP contribution in [0, 0.1) is 6.92 Å². The van der Waals surface area contributed by atoms with Gasteiger partial charge in [0.15, 0.2) is 0 Å². The molecule has 1 aromatic rings. The maximum Gasteiger partial charge on any atom is 0.219 e. The quantitative estimate of drug-likeness (QED) is 0.749. The standard InChI is InChI=1S/C12H20N2OS/c1-9-6-7-11(16-9)10(2)14-8-4-5-12(15)13-3/h6-7,10,14H,4-5,8H2,1-3H3,(H,13,15). The Labute approximate surface area is 101 Å². The largest absolute Gasteiger partial charge is 0.359 e. The minimum atomic E-state index is 0.112. The van der Waals surface area contributed by atoms with Gasteiger partial charge in [0, 0.05) is 29.3 Å². The molecule has 0 radical (unpaired) electrons. The van der Waals surface area contributed by atoms with E-state index >= 15 is 0 Å². The summed E-state index contributed by atoms with van der Waals surface area (Å²) in [5.74, 6) is 0.112. The molecule has 0 saturated carbocycles. The molecule has 0 aliphatic carbocycles. The van der Waals surface area contributed by atoms with Crippen LogP contribution in [-0.2, 0) is 4.79 Å². The predicted molar refractivity (Wildman–Crippen MR) is 68.8 cm³/mol. The minimum absolute atomic E-state index is 0.112. The van der Waals surface area contributed by atoms with Crippen LogP contribution in [0.1, 0.15) is 35.6 Å². The van der Waals surface area contributed by atoms with Crippen molar-refractivity contribution < 1.29 is 4.79 Å². The molecule has 1 atom stereocenters. The fourth-order valence-corrected chi connectivity index (χ4v) is 2.38. The fourth-order valence-electron chi connectivity index (χ4n) is 1.48. The number of hydrogen-bond donors (Lipinski definition) is 2. The van der Waals surface area contributed by atoms with E-state index in [0.717, 1.165) is 13.0 Å². The van der Waals surface area contributed by atoms with E-state index in [4.69, 9.17) is 0 Å². The Morgan fingerprint density at radius 3 is 2.81 bits per heavy atom. The lowest BCUT2D eigenvalue weighted by molar-refractivity contribution is -0.120. The van der Waals surface area contributed by atoms with E-state index in [1.165, 1.54) is 9.75 Å². The zero-order valence-electron chi connectivity index (χ0n) is 10.2. The van der Waals surface area contributed by atoms with Crippen molar-refractivity contribution in [2.45, 2.75) is 32.7 Å². The van der Waals surface area contributed by atoms with Gasteiger partial charge in [-0.3, -0.25) is 4.79 Å². The summed E-state index contributed by atoms with van der Waals surface area (Å²) in [4.78, 5) is 13.7. The van der Waals surface area contributed by atoms with Gasteiger partial charge in [-0.15, -0.1) is 11.3 Å². The van der Waals surface area contributed by atoms with Gasteiger partial charge in [-0.1, -0.05) is 0 Å². The Morgan fingerprint density at radius 2 is 2.25 bits per heavy atom. The summed E-state index contributed by atoms with van der Waals surface area (Å²) in [6.07, 6.45) is 1.48. The Hall–Kier alpha value is -0.870. The number of aryl methyl sites for hydroxylation is 1. The molecule has 1 heterocycles. The molecule has 0 saturated heterocycles. The molecule has 0 aromatic carbocycles. The zero-order chi connectivity index (χ0) is 12.0. The highest BCUT2D eigenvalue weighted by molar-refractivity contribution is 7.12. The Bertz CT molecular complexity index is 336. The molecule has 90 valence electrons. The molecule has 1 unspecified atom stereocenters. The lowest BCUT2D eigenvalue weighted by atomic mass is 10.2. The van der Waals surface area contributed by atoms with E-state index in [2.05, 4.69) is 36.6 Å². The van der Waals surface area contributed by atoms with Crippen molar-refractivity contribution in [3.8, 4) is 0 Å². The Morgan fingerprint density at radius 1 is 1.50 bits per heavy atom. The zero-order valence-corrected chi connectivity index (χ0v) is 11.0. The molecular formula is C12H20N2OS. The average Bonchev–Trinajstić information content (AvgIpc) is 2.70. The highest BCUT2D eigenvalue weighted by Gasteiger charge is 2.06. The lowest BCUT2D eigenvalue weighted by Gasteiger charge is -2.11. The van der Waals surface area contributed by atoms with Crippen molar-refractivity contribution in [2.75, 3.05) is 13.6 Å². The highest BCUT2D eigenvalue weighted by Crippen LogP contribution is 2.21. The van der Waals surface area contributed by atoms with Crippen molar-refractivity contribution >= 4 is 17.2 Å². The first-order valence-electron chi connectivity index (χ1n) is 5.63. The number of hydrogen-bond acceptors (Lipinski definition) is 3. The van der Waals surface area contributed by atoms with Crippen LogP contribution in [-0.4, -0.2) is 19.5 Å². The highest BCUT2D eigenvalue weighted by atomic mass is 32.1. The van der Waals surface area contributed by atoms with E-state index < -0.39 is 0 Å². The van der Waals surface area contributed by atoms with Crippen molar-refractivity contribution in [2.24, 2.45) is 0 Å². The second-order valence-corrected chi connectivity index (χ2v) is 5.22. The first kappa shape index (κ1) is 13.2. The number of rotatable bonds is 6. The second kappa shape index (κ2) is 6.66. The number of nitrogens with one attached hydrogen (secondary N) is 2. The van der Waals surface area contributed by atoms with Crippen LogP contribution < -0.4 is 10.6 Å². The number of carbonyl (C=O) groups excluding carboxylic acids is 1. The molecule has 0 aliphatic rings. The summed E-state index contributed by atoms with van der Waals surface area (Å²) in [6, 6.07) is 4.68. The molecule has 16 heavy (non-hydrogen) atoms. The molecule has 2 N–H and O–H groups in total. The Kier molecular flexibility index (Phi) is 5.49. The van der Waals surface area contributed by atoms with Gasteiger partial charge in [0.1, 0.15) is 0 Å². The maximum atomic E-state index is 11.0. The minimum Gasteiger partial charge on any atom is -0.359 e. The number of amides is 1. The topological polar surface area (TPSA) is 41.1 Å². The summed E-state index contributed by atoms with van der Waals surface area (Å²) in [5.41, 5.74) is 0. The van der Waals surface area contributed by atoms with Gasteiger partial charge >= 0.3 is 0 Å². The lowest BCUT2D eigenvalue weighted by Crippen LogP contribution is -2.22. The molecular weight excluding hydrogens is 220 g/mol. The van der Waals surface area contributed by atoms with Crippen LogP contribution in [0.4, 0.5) is 0 Å². The van der Waals surface area contributed by atoms with Crippen LogP contribution in [0.25, 0.3) is 0 Å². The van der Waals surface area contributed by atoms with Gasteiger partial charge in [0.25, 0.3) is 0 Å². The van der Waals surface area contributed by atoms with Crippen molar-refractivity contribution in [3.63, 3.8) is 0 Å². The molecule has 0 fully saturated rings. The van der Waals surface area contributed by atoms with E-state index in [9.17, 15) is 4.79 Å². The van der Waals surface area contributed by atoms with Crippen molar-refractivity contribution in [1.82, 2.24) is 10.6 Å². The molecule has 4 heteroatoms. The van der Waals surface area contributed by atoms with Gasteiger partial charge < -0.3 is 10.6 Å². The van der Waals surface area contributed by atoms with Crippen LogP contribution in [0.5, 0.6) is 0 Å². The van der Waals surface area contributed by atoms with Gasteiger partial charge in [0.05, 0.1) is 0 Å². The van der Waals surface area contributed by atoms with E-state index in [0.29, 0.717) is 12.5 Å². The van der Waals surface area contributed by atoms with Gasteiger partial charge in [-0.25, -0.2) is 0 Å². The Balaban J connectivity index is 2.20. The van der Waals surface area contributed by atoms with Crippen LogP contribution in [0.3, 0.4) is 0 Å². The second-order valence-electron chi connectivity index (χ2n) is 3.90. The first-order chi connectivity index (χ1) is 7.63. The molecule has 0 aliphatic heterocycles. The van der Waals surface area contributed by atoms with Crippen LogP contribution in [0.15, 0.2) is 12.1 Å². The fraction of sp³-hybridized carbons (Fsp3) is 0.583. The van der Waals surface area contributed by atoms with E-state index in [1.807, 2.05) is 11.3 Å². The summed E-state index contributed by atoms with van der Waals surface area (Å²) in [7, 11) is 1.67. The maximum absolute atomic E-state index is 11.0. The van der Waals surface area contributed by atoms with Crippen molar-refractivity contribution in [1.29, 1.82) is 0 Å². The summed E-state index contributed by atoms with van der Waals surface area (Å²) in [5, 5.41) is 6.05.